The molecule has 0 amide bonds. The quantitative estimate of drug-likeness (QED) is 0.366. The summed E-state index contributed by atoms with van der Waals surface area (Å²) in [6.07, 6.45) is -1.69. The van der Waals surface area contributed by atoms with Crippen molar-refractivity contribution >= 4 is 0 Å². The molecule has 9 heavy (non-hydrogen) atoms. The summed E-state index contributed by atoms with van der Waals surface area (Å²) in [5.74, 6) is 0. The van der Waals surface area contributed by atoms with E-state index in [-0.39, 0.29) is 21.7 Å². The summed E-state index contributed by atoms with van der Waals surface area (Å²) in [5, 5.41) is 17.0. The molecule has 4 nitrogen and oxygen atoms in total. The Morgan fingerprint density at radius 1 is 1.44 bits per heavy atom. The fraction of sp³-hybridized carbons (Fsp3) is 0.750. The van der Waals surface area contributed by atoms with Gasteiger partial charge < -0.3 is 19.7 Å². The average Bonchev–Trinajstić information content (AvgIpc) is 1.77. The molecule has 0 aliphatic carbocycles. The van der Waals surface area contributed by atoms with Gasteiger partial charge in [0, 0.05) is 28.3 Å². The molecule has 0 aromatic rings. The molecule has 1 saturated heterocycles. The van der Waals surface area contributed by atoms with Crippen molar-refractivity contribution in [2.75, 3.05) is 13.2 Å². The molecule has 0 aromatic heterocycles. The number of rotatable bonds is 0. The maximum Gasteiger partial charge on any atom is 0.0799 e. The number of ether oxygens (including phenoxy) is 2. The Labute approximate surface area is 67.6 Å². The van der Waals surface area contributed by atoms with Crippen LogP contribution in [0.5, 0.6) is 0 Å². The molecule has 0 aromatic carbocycles. The summed E-state index contributed by atoms with van der Waals surface area (Å²) in [6, 6.07) is 0. The summed E-state index contributed by atoms with van der Waals surface area (Å²) >= 11 is 0. The third kappa shape index (κ3) is 2.75. The van der Waals surface area contributed by atoms with Gasteiger partial charge in [-0.25, -0.2) is 0 Å². The third-order valence-electron chi connectivity index (χ3n) is 0.820. The van der Waals surface area contributed by atoms with Crippen LogP contribution in [0.1, 0.15) is 0 Å². The molecular weight excluding hydrogens is 160 g/mol. The van der Waals surface area contributed by atoms with Gasteiger partial charge in [0.25, 0.3) is 0 Å². The fourth-order valence-corrected chi connectivity index (χ4v) is 0.449. The van der Waals surface area contributed by atoms with Crippen LogP contribution >= 0.6 is 0 Å². The molecule has 1 unspecified atom stereocenters. The van der Waals surface area contributed by atoms with Crippen molar-refractivity contribution in [3.05, 3.63) is 6.29 Å². The average molecular weight is 167 g/mol. The maximum atomic E-state index is 8.54. The number of hydrogen-bond acceptors (Lipinski definition) is 4. The zero-order chi connectivity index (χ0) is 5.98. The van der Waals surface area contributed by atoms with Gasteiger partial charge in [0.2, 0.25) is 0 Å². The van der Waals surface area contributed by atoms with Crippen LogP contribution in [0.15, 0.2) is 0 Å². The Balaban J connectivity index is 0.000000640. The number of aliphatic hydroxyl groups is 2. The first-order valence-corrected chi connectivity index (χ1v) is 2.29. The van der Waals surface area contributed by atoms with Crippen molar-refractivity contribution in [3.63, 3.8) is 0 Å². The van der Waals surface area contributed by atoms with E-state index in [2.05, 4.69) is 9.47 Å². The molecule has 2 N–H and O–H groups in total. The van der Waals surface area contributed by atoms with Crippen molar-refractivity contribution in [2.45, 2.75) is 6.29 Å². The molecule has 0 saturated carbocycles. The first-order valence-electron chi connectivity index (χ1n) is 2.29. The van der Waals surface area contributed by atoms with E-state index in [1.54, 1.807) is 0 Å². The van der Waals surface area contributed by atoms with E-state index in [0.717, 1.165) is 0 Å². The van der Waals surface area contributed by atoms with Crippen LogP contribution < -0.4 is 0 Å². The molecule has 5 heteroatoms. The molecule has 1 atom stereocenters. The van der Waals surface area contributed by atoms with E-state index in [0.29, 0.717) is 13.2 Å². The first-order chi connectivity index (χ1) is 3.80. The predicted octanol–water partition coefficient (Wildman–Crippen LogP) is -0.789. The van der Waals surface area contributed by atoms with Crippen LogP contribution in [0.25, 0.3) is 0 Å². The second-order valence-electron chi connectivity index (χ2n) is 1.41. The fourth-order valence-electron chi connectivity index (χ4n) is 0.449. The summed E-state index contributed by atoms with van der Waals surface area (Å²) < 4.78 is 9.02. The van der Waals surface area contributed by atoms with Gasteiger partial charge in [-0.15, -0.1) is 0 Å². The molecule has 1 rings (SSSR count). The van der Waals surface area contributed by atoms with Gasteiger partial charge in [-0.1, -0.05) is 0 Å². The Morgan fingerprint density at radius 3 is 2.44 bits per heavy atom. The Bertz CT molecular complexity index is 69.0. The van der Waals surface area contributed by atoms with E-state index in [1.807, 2.05) is 0 Å². The molecule has 0 bridgehead atoms. The standard InChI is InChI=1S/C4H7O4.Ti/c5-3-4(6)8-2-1-7-3;/h3,5-6H,1-2H2;/q-1;. The largest absolute Gasteiger partial charge is 0.531 e. The summed E-state index contributed by atoms with van der Waals surface area (Å²) in [6.45, 7) is 0.633. The van der Waals surface area contributed by atoms with Gasteiger partial charge in [0.15, 0.2) is 0 Å². The van der Waals surface area contributed by atoms with Crippen LogP contribution in [0.4, 0.5) is 0 Å². The molecule has 1 aliphatic heterocycles. The van der Waals surface area contributed by atoms with Crippen molar-refractivity contribution in [3.8, 4) is 0 Å². The van der Waals surface area contributed by atoms with Crippen LogP contribution in [-0.4, -0.2) is 29.7 Å². The molecule has 0 spiro atoms. The van der Waals surface area contributed by atoms with E-state index >= 15 is 0 Å². The molecule has 1 aliphatic rings. The molecular formula is C4H7O4Ti-. The summed E-state index contributed by atoms with van der Waals surface area (Å²) in [5.41, 5.74) is 0. The van der Waals surface area contributed by atoms with Crippen molar-refractivity contribution in [1.29, 1.82) is 0 Å². The third-order valence-corrected chi connectivity index (χ3v) is 0.820. The zero-order valence-electron chi connectivity index (χ0n) is 4.70. The van der Waals surface area contributed by atoms with Crippen LogP contribution in [0, 0.1) is 6.29 Å². The first kappa shape index (κ1) is 9.55. The predicted molar refractivity (Wildman–Crippen MR) is 23.1 cm³/mol. The maximum absolute atomic E-state index is 8.54. The minimum Gasteiger partial charge on any atom is -0.531 e. The van der Waals surface area contributed by atoms with Gasteiger partial charge in [-0.3, -0.25) is 0 Å². The Morgan fingerprint density at radius 2 is 2.11 bits per heavy atom. The van der Waals surface area contributed by atoms with E-state index < -0.39 is 12.6 Å². The molecule has 0 radical (unpaired) electrons. The van der Waals surface area contributed by atoms with Crippen molar-refractivity contribution in [1.82, 2.24) is 0 Å². The van der Waals surface area contributed by atoms with E-state index in [1.165, 1.54) is 0 Å². The van der Waals surface area contributed by atoms with Gasteiger partial charge in [0.1, 0.15) is 0 Å². The van der Waals surface area contributed by atoms with Crippen LogP contribution in [0.2, 0.25) is 0 Å². The normalized spacial score (nSPS) is 29.3. The monoisotopic (exact) mass is 167 g/mol. The van der Waals surface area contributed by atoms with E-state index in [9.17, 15) is 0 Å². The van der Waals surface area contributed by atoms with Gasteiger partial charge in [-0.2, -0.15) is 0 Å². The topological polar surface area (TPSA) is 58.9 Å². The zero-order valence-corrected chi connectivity index (χ0v) is 6.26. The van der Waals surface area contributed by atoms with Crippen LogP contribution in [-0.2, 0) is 31.2 Å². The summed E-state index contributed by atoms with van der Waals surface area (Å²) in [7, 11) is 0. The van der Waals surface area contributed by atoms with Crippen molar-refractivity contribution < 1.29 is 41.4 Å². The van der Waals surface area contributed by atoms with Gasteiger partial charge in [-0.05, 0) is 6.29 Å². The van der Waals surface area contributed by atoms with Gasteiger partial charge >= 0.3 is 0 Å². The Hall–Kier alpha value is 0.554. The Kier molecular flexibility index (Phi) is 4.65. The second kappa shape index (κ2) is 4.38. The second-order valence-corrected chi connectivity index (χ2v) is 1.41. The minimum absolute atomic E-state index is 0. The SMILES string of the molecule is O[C-]1OCCOC1O.[Ti]. The number of aliphatic hydroxyl groups excluding tert-OH is 2. The summed E-state index contributed by atoms with van der Waals surface area (Å²) in [4.78, 5) is 0. The van der Waals surface area contributed by atoms with Crippen LogP contribution in [0.3, 0.4) is 0 Å². The molecule has 52 valence electrons. The number of hydrogen-bond donors (Lipinski definition) is 2. The molecule has 1 heterocycles. The van der Waals surface area contributed by atoms with Crippen molar-refractivity contribution in [2.24, 2.45) is 0 Å². The molecule has 1 fully saturated rings. The van der Waals surface area contributed by atoms with E-state index in [4.69, 9.17) is 10.2 Å². The minimum atomic E-state index is -1.25. The smallest absolute Gasteiger partial charge is 0.0799 e. The van der Waals surface area contributed by atoms with Gasteiger partial charge in [0.05, 0.1) is 12.9 Å².